The van der Waals surface area contributed by atoms with Crippen molar-refractivity contribution in [3.63, 3.8) is 0 Å². The van der Waals surface area contributed by atoms with Crippen LogP contribution in [-0.4, -0.2) is 68.2 Å². The fourth-order valence-corrected chi connectivity index (χ4v) is 4.57. The fourth-order valence-electron chi connectivity index (χ4n) is 3.65. The number of rotatable bonds is 7. The van der Waals surface area contributed by atoms with Gasteiger partial charge < -0.3 is 19.1 Å². The summed E-state index contributed by atoms with van der Waals surface area (Å²) in [5, 5.41) is 3.38. The summed E-state index contributed by atoms with van der Waals surface area (Å²) in [6, 6.07) is 3.43. The van der Waals surface area contributed by atoms with Crippen LogP contribution < -0.4 is 14.2 Å². The molecule has 1 saturated carbocycles. The van der Waals surface area contributed by atoms with Gasteiger partial charge in [0.25, 0.3) is 5.91 Å². The molecule has 1 aliphatic heterocycles. The van der Waals surface area contributed by atoms with Crippen LogP contribution in [0.4, 0.5) is 0 Å². The lowest BCUT2D eigenvalue weighted by atomic mass is 10.1. The van der Waals surface area contributed by atoms with Gasteiger partial charge in [-0.05, 0) is 25.0 Å². The van der Waals surface area contributed by atoms with E-state index in [1.807, 2.05) is 4.90 Å². The smallest absolute Gasteiger partial charge is 0.254 e. The highest BCUT2D eigenvalue weighted by molar-refractivity contribution is 7.09. The first-order valence-corrected chi connectivity index (χ1v) is 10.8. The second-order valence-electron chi connectivity index (χ2n) is 7.42. The Hall–Kier alpha value is -2.32. The molecule has 0 radical (unpaired) electrons. The van der Waals surface area contributed by atoms with Crippen molar-refractivity contribution in [2.75, 3.05) is 47.5 Å². The average Bonchev–Trinajstić information content (AvgIpc) is 3.51. The Morgan fingerprint density at radius 3 is 2.28 bits per heavy atom. The minimum atomic E-state index is -0.0193. The van der Waals surface area contributed by atoms with E-state index >= 15 is 0 Å². The van der Waals surface area contributed by atoms with Gasteiger partial charge in [-0.15, -0.1) is 11.3 Å². The number of thiazole rings is 1. The van der Waals surface area contributed by atoms with Crippen molar-refractivity contribution in [3.8, 4) is 17.2 Å². The van der Waals surface area contributed by atoms with E-state index in [0.717, 1.165) is 19.6 Å². The summed E-state index contributed by atoms with van der Waals surface area (Å²) < 4.78 is 16.1. The van der Waals surface area contributed by atoms with Crippen LogP contribution in [0.5, 0.6) is 17.2 Å². The molecule has 2 aliphatic rings. The van der Waals surface area contributed by atoms with Gasteiger partial charge in [-0.1, -0.05) is 0 Å². The quantitative estimate of drug-likeness (QED) is 0.690. The molecule has 1 aliphatic carbocycles. The Balaban J connectivity index is 1.38. The molecule has 1 saturated heterocycles. The van der Waals surface area contributed by atoms with E-state index in [1.54, 1.807) is 44.8 Å². The zero-order chi connectivity index (χ0) is 20.4. The third kappa shape index (κ3) is 4.33. The number of carbonyl (C=O) groups excluding carboxylic acids is 1. The van der Waals surface area contributed by atoms with Crippen molar-refractivity contribution in [2.24, 2.45) is 0 Å². The van der Waals surface area contributed by atoms with E-state index in [-0.39, 0.29) is 5.91 Å². The molecular formula is C21H27N3O4S. The first kappa shape index (κ1) is 20.0. The van der Waals surface area contributed by atoms with E-state index in [0.29, 0.717) is 41.8 Å². The first-order valence-electron chi connectivity index (χ1n) is 9.89. The SMILES string of the molecule is COc1cc(C(=O)N2CCN(Cc3nc(C4CC4)cs3)CC2)cc(OC)c1OC. The van der Waals surface area contributed by atoms with Crippen molar-refractivity contribution >= 4 is 17.2 Å². The van der Waals surface area contributed by atoms with Crippen molar-refractivity contribution in [1.29, 1.82) is 0 Å². The highest BCUT2D eigenvalue weighted by atomic mass is 32.1. The summed E-state index contributed by atoms with van der Waals surface area (Å²) in [5.41, 5.74) is 1.81. The molecule has 2 aromatic rings. The van der Waals surface area contributed by atoms with Crippen molar-refractivity contribution in [3.05, 3.63) is 33.8 Å². The summed E-state index contributed by atoms with van der Waals surface area (Å²) in [6.07, 6.45) is 2.57. The third-order valence-corrected chi connectivity index (χ3v) is 6.35. The summed E-state index contributed by atoms with van der Waals surface area (Å²) in [4.78, 5) is 22.1. The number of benzene rings is 1. The molecule has 0 atom stereocenters. The predicted octanol–water partition coefficient (Wildman–Crippen LogP) is 3.00. The van der Waals surface area contributed by atoms with Crippen molar-refractivity contribution < 1.29 is 19.0 Å². The monoisotopic (exact) mass is 417 g/mol. The van der Waals surface area contributed by atoms with Gasteiger partial charge in [0.05, 0.1) is 33.6 Å². The van der Waals surface area contributed by atoms with E-state index < -0.39 is 0 Å². The van der Waals surface area contributed by atoms with Crippen LogP contribution in [0.15, 0.2) is 17.5 Å². The molecule has 1 aromatic carbocycles. The van der Waals surface area contributed by atoms with E-state index in [2.05, 4.69) is 10.3 Å². The molecule has 2 fully saturated rings. The number of carbonyl (C=O) groups is 1. The van der Waals surface area contributed by atoms with Crippen LogP contribution in [0.2, 0.25) is 0 Å². The standard InChI is InChI=1S/C21H27N3O4S/c1-26-17-10-15(11-18(27-2)20(17)28-3)21(25)24-8-6-23(7-9-24)12-19-22-16(13-29-19)14-4-5-14/h10-11,13-14H,4-9,12H2,1-3H3. The number of piperazine rings is 1. The van der Waals surface area contributed by atoms with Crippen molar-refractivity contribution in [2.45, 2.75) is 25.3 Å². The minimum Gasteiger partial charge on any atom is -0.493 e. The maximum Gasteiger partial charge on any atom is 0.254 e. The van der Waals surface area contributed by atoms with Gasteiger partial charge in [-0.3, -0.25) is 9.69 Å². The normalized spacial score (nSPS) is 17.3. The van der Waals surface area contributed by atoms with Gasteiger partial charge in [-0.2, -0.15) is 0 Å². The molecule has 1 aromatic heterocycles. The van der Waals surface area contributed by atoms with Gasteiger partial charge in [0.15, 0.2) is 11.5 Å². The Bertz CT molecular complexity index is 848. The molecular weight excluding hydrogens is 390 g/mol. The Morgan fingerprint density at radius 1 is 1.07 bits per heavy atom. The molecule has 8 heteroatoms. The Labute approximate surface area is 175 Å². The molecule has 0 unspecified atom stereocenters. The Kier molecular flexibility index (Phi) is 5.91. The maximum atomic E-state index is 13.0. The maximum absolute atomic E-state index is 13.0. The summed E-state index contributed by atoms with van der Waals surface area (Å²) >= 11 is 1.75. The summed E-state index contributed by atoms with van der Waals surface area (Å²) in [5.74, 6) is 2.15. The number of ether oxygens (including phenoxy) is 3. The van der Waals surface area contributed by atoms with E-state index in [9.17, 15) is 4.79 Å². The lowest BCUT2D eigenvalue weighted by Crippen LogP contribution is -2.48. The zero-order valence-electron chi connectivity index (χ0n) is 17.1. The van der Waals surface area contributed by atoms with Crippen LogP contribution in [0, 0.1) is 0 Å². The second kappa shape index (κ2) is 8.59. The average molecular weight is 418 g/mol. The largest absolute Gasteiger partial charge is 0.493 e. The van der Waals surface area contributed by atoms with Gasteiger partial charge in [0.1, 0.15) is 5.01 Å². The predicted molar refractivity (Wildman–Crippen MR) is 111 cm³/mol. The van der Waals surface area contributed by atoms with E-state index in [1.165, 1.54) is 23.5 Å². The molecule has 4 rings (SSSR count). The van der Waals surface area contributed by atoms with Gasteiger partial charge in [-0.25, -0.2) is 4.98 Å². The minimum absolute atomic E-state index is 0.0193. The molecule has 29 heavy (non-hydrogen) atoms. The van der Waals surface area contributed by atoms with Gasteiger partial charge in [0, 0.05) is 43.0 Å². The van der Waals surface area contributed by atoms with Crippen molar-refractivity contribution in [1.82, 2.24) is 14.8 Å². The van der Waals surface area contributed by atoms with Crippen LogP contribution in [-0.2, 0) is 6.54 Å². The molecule has 156 valence electrons. The Morgan fingerprint density at radius 2 is 1.72 bits per heavy atom. The third-order valence-electron chi connectivity index (χ3n) is 5.50. The zero-order valence-corrected chi connectivity index (χ0v) is 18.0. The molecule has 0 spiro atoms. The number of amides is 1. The number of methoxy groups -OCH3 is 3. The van der Waals surface area contributed by atoms with Gasteiger partial charge >= 0.3 is 0 Å². The number of nitrogens with zero attached hydrogens (tertiary/aromatic N) is 3. The summed E-state index contributed by atoms with van der Waals surface area (Å²) in [7, 11) is 4.66. The van der Waals surface area contributed by atoms with Crippen LogP contribution in [0.1, 0.15) is 39.8 Å². The van der Waals surface area contributed by atoms with Gasteiger partial charge in [0.2, 0.25) is 5.75 Å². The molecule has 0 bridgehead atoms. The van der Waals surface area contributed by atoms with E-state index in [4.69, 9.17) is 19.2 Å². The topological polar surface area (TPSA) is 64.1 Å². The second-order valence-corrected chi connectivity index (χ2v) is 8.37. The van der Waals surface area contributed by atoms with Crippen LogP contribution >= 0.6 is 11.3 Å². The fraction of sp³-hybridized carbons (Fsp3) is 0.524. The molecule has 1 amide bonds. The first-order chi connectivity index (χ1) is 14.1. The lowest BCUT2D eigenvalue weighted by molar-refractivity contribution is 0.0627. The molecule has 7 nitrogen and oxygen atoms in total. The highest BCUT2D eigenvalue weighted by Gasteiger charge is 2.27. The van der Waals surface area contributed by atoms with Crippen LogP contribution in [0.25, 0.3) is 0 Å². The number of aromatic nitrogens is 1. The number of hydrogen-bond donors (Lipinski definition) is 0. The molecule has 0 N–H and O–H groups in total. The van der Waals surface area contributed by atoms with Crippen LogP contribution in [0.3, 0.4) is 0 Å². The summed E-state index contributed by atoms with van der Waals surface area (Å²) in [6.45, 7) is 3.93. The number of hydrogen-bond acceptors (Lipinski definition) is 7. The lowest BCUT2D eigenvalue weighted by Gasteiger charge is -2.34. The highest BCUT2D eigenvalue weighted by Crippen LogP contribution is 2.40. The molecule has 2 heterocycles.